The van der Waals surface area contributed by atoms with Crippen molar-refractivity contribution < 1.29 is 9.53 Å². The SMILES string of the molecule is CC[C@@H](NC(=O)COc1cccc2ccccc12)c1ccc(C)c(C)c1. The summed E-state index contributed by atoms with van der Waals surface area (Å²) in [7, 11) is 0. The lowest BCUT2D eigenvalue weighted by molar-refractivity contribution is -0.123. The summed E-state index contributed by atoms with van der Waals surface area (Å²) in [4.78, 5) is 12.4. The van der Waals surface area contributed by atoms with E-state index in [1.165, 1.54) is 11.1 Å². The number of ether oxygens (including phenoxy) is 1. The molecule has 134 valence electrons. The number of amides is 1. The summed E-state index contributed by atoms with van der Waals surface area (Å²) in [6, 6.07) is 20.2. The van der Waals surface area contributed by atoms with Gasteiger partial charge in [-0.3, -0.25) is 4.79 Å². The number of nitrogens with one attached hydrogen (secondary N) is 1. The molecule has 0 saturated heterocycles. The third-order valence-corrected chi connectivity index (χ3v) is 4.79. The van der Waals surface area contributed by atoms with E-state index in [0.29, 0.717) is 0 Å². The van der Waals surface area contributed by atoms with Crippen molar-refractivity contribution in [3.63, 3.8) is 0 Å². The smallest absolute Gasteiger partial charge is 0.258 e. The fourth-order valence-electron chi connectivity index (χ4n) is 3.10. The van der Waals surface area contributed by atoms with Crippen LogP contribution in [-0.2, 0) is 4.79 Å². The van der Waals surface area contributed by atoms with Crippen molar-refractivity contribution in [2.24, 2.45) is 0 Å². The Hall–Kier alpha value is -2.81. The molecule has 0 saturated carbocycles. The molecule has 0 aromatic heterocycles. The van der Waals surface area contributed by atoms with E-state index >= 15 is 0 Å². The Morgan fingerprint density at radius 1 is 1.00 bits per heavy atom. The summed E-state index contributed by atoms with van der Waals surface area (Å²) in [6.45, 7) is 6.27. The highest BCUT2D eigenvalue weighted by atomic mass is 16.5. The van der Waals surface area contributed by atoms with Gasteiger partial charge in [-0.05, 0) is 48.4 Å². The van der Waals surface area contributed by atoms with Crippen molar-refractivity contribution in [1.82, 2.24) is 5.32 Å². The highest BCUT2D eigenvalue weighted by Gasteiger charge is 2.14. The topological polar surface area (TPSA) is 38.3 Å². The summed E-state index contributed by atoms with van der Waals surface area (Å²) in [5.41, 5.74) is 3.63. The molecular weight excluding hydrogens is 322 g/mol. The van der Waals surface area contributed by atoms with Gasteiger partial charge in [0, 0.05) is 5.39 Å². The van der Waals surface area contributed by atoms with Crippen LogP contribution in [0.4, 0.5) is 0 Å². The predicted molar refractivity (Wildman–Crippen MR) is 107 cm³/mol. The molecule has 0 fully saturated rings. The standard InChI is InChI=1S/C23H25NO2/c1-4-21(19-13-12-16(2)17(3)14-19)24-23(25)15-26-22-11-7-9-18-8-5-6-10-20(18)22/h5-14,21H,4,15H2,1-3H3,(H,24,25)/t21-/m1/s1. The number of aryl methyl sites for hydroxylation is 2. The van der Waals surface area contributed by atoms with Gasteiger partial charge in [-0.2, -0.15) is 0 Å². The fourth-order valence-corrected chi connectivity index (χ4v) is 3.10. The molecule has 1 atom stereocenters. The zero-order valence-electron chi connectivity index (χ0n) is 15.6. The average Bonchev–Trinajstić information content (AvgIpc) is 2.66. The number of fused-ring (bicyclic) bond motifs is 1. The van der Waals surface area contributed by atoms with Gasteiger partial charge in [0.1, 0.15) is 5.75 Å². The second kappa shape index (κ2) is 8.05. The van der Waals surface area contributed by atoms with E-state index in [9.17, 15) is 4.79 Å². The Morgan fingerprint density at radius 3 is 2.54 bits per heavy atom. The summed E-state index contributed by atoms with van der Waals surface area (Å²) in [6.07, 6.45) is 0.836. The summed E-state index contributed by atoms with van der Waals surface area (Å²) >= 11 is 0. The highest BCUT2D eigenvalue weighted by Crippen LogP contribution is 2.25. The van der Waals surface area contributed by atoms with Crippen LogP contribution < -0.4 is 10.1 Å². The first-order chi connectivity index (χ1) is 12.6. The van der Waals surface area contributed by atoms with Crippen molar-refractivity contribution in [3.8, 4) is 5.75 Å². The van der Waals surface area contributed by atoms with Gasteiger partial charge in [0.25, 0.3) is 5.91 Å². The number of carbonyl (C=O) groups is 1. The Morgan fingerprint density at radius 2 is 1.77 bits per heavy atom. The first-order valence-electron chi connectivity index (χ1n) is 9.05. The van der Waals surface area contributed by atoms with Crippen LogP contribution in [0.3, 0.4) is 0 Å². The van der Waals surface area contributed by atoms with E-state index in [0.717, 1.165) is 28.5 Å². The van der Waals surface area contributed by atoms with Gasteiger partial charge >= 0.3 is 0 Å². The summed E-state index contributed by atoms with van der Waals surface area (Å²) in [5.74, 6) is 0.625. The molecule has 3 aromatic carbocycles. The fraction of sp³-hybridized carbons (Fsp3) is 0.261. The lowest BCUT2D eigenvalue weighted by Gasteiger charge is -2.19. The van der Waals surface area contributed by atoms with Crippen LogP contribution in [0.2, 0.25) is 0 Å². The number of carbonyl (C=O) groups excluding carboxylic acids is 1. The summed E-state index contributed by atoms with van der Waals surface area (Å²) < 4.78 is 5.79. The van der Waals surface area contributed by atoms with Crippen molar-refractivity contribution in [3.05, 3.63) is 77.4 Å². The second-order valence-electron chi connectivity index (χ2n) is 6.64. The number of hydrogen-bond acceptors (Lipinski definition) is 2. The molecule has 3 rings (SSSR count). The van der Waals surface area contributed by atoms with Crippen molar-refractivity contribution in [2.75, 3.05) is 6.61 Å². The van der Waals surface area contributed by atoms with Crippen LogP contribution >= 0.6 is 0 Å². The molecule has 0 radical (unpaired) electrons. The lowest BCUT2D eigenvalue weighted by atomic mass is 9.99. The Bertz CT molecular complexity index is 912. The molecule has 0 aliphatic heterocycles. The quantitative estimate of drug-likeness (QED) is 0.673. The maximum atomic E-state index is 12.4. The largest absolute Gasteiger partial charge is 0.483 e. The van der Waals surface area contributed by atoms with E-state index in [1.807, 2.05) is 42.5 Å². The van der Waals surface area contributed by atoms with Gasteiger partial charge in [0.05, 0.1) is 6.04 Å². The van der Waals surface area contributed by atoms with Crippen molar-refractivity contribution >= 4 is 16.7 Å². The lowest BCUT2D eigenvalue weighted by Crippen LogP contribution is -2.32. The molecule has 0 bridgehead atoms. The minimum Gasteiger partial charge on any atom is -0.483 e. The van der Waals surface area contributed by atoms with Crippen LogP contribution in [0, 0.1) is 13.8 Å². The van der Waals surface area contributed by atoms with Crippen LogP contribution in [0.1, 0.15) is 36.1 Å². The van der Waals surface area contributed by atoms with E-state index < -0.39 is 0 Å². The molecule has 0 unspecified atom stereocenters. The van der Waals surface area contributed by atoms with Crippen LogP contribution in [-0.4, -0.2) is 12.5 Å². The Balaban J connectivity index is 1.66. The van der Waals surface area contributed by atoms with Gasteiger partial charge in [0.2, 0.25) is 0 Å². The maximum absolute atomic E-state index is 12.4. The molecule has 3 aromatic rings. The zero-order valence-corrected chi connectivity index (χ0v) is 15.6. The van der Waals surface area contributed by atoms with Crippen LogP contribution in [0.5, 0.6) is 5.75 Å². The monoisotopic (exact) mass is 347 g/mol. The predicted octanol–water partition coefficient (Wildman–Crippen LogP) is 5.10. The molecule has 0 spiro atoms. The van der Waals surface area contributed by atoms with Gasteiger partial charge in [-0.25, -0.2) is 0 Å². The Labute approximate surface area is 155 Å². The van der Waals surface area contributed by atoms with E-state index in [4.69, 9.17) is 4.74 Å². The molecular formula is C23H25NO2. The van der Waals surface area contributed by atoms with Crippen molar-refractivity contribution in [1.29, 1.82) is 0 Å². The molecule has 0 aliphatic rings. The minimum atomic E-state index is -0.108. The maximum Gasteiger partial charge on any atom is 0.258 e. The highest BCUT2D eigenvalue weighted by molar-refractivity contribution is 5.88. The number of benzene rings is 3. The number of rotatable bonds is 6. The summed E-state index contributed by atoms with van der Waals surface area (Å²) in [5, 5.41) is 5.21. The van der Waals surface area contributed by atoms with E-state index in [1.54, 1.807) is 0 Å². The van der Waals surface area contributed by atoms with Crippen LogP contribution in [0.15, 0.2) is 60.7 Å². The molecule has 26 heavy (non-hydrogen) atoms. The van der Waals surface area contributed by atoms with Gasteiger partial charge in [-0.1, -0.05) is 61.5 Å². The van der Waals surface area contributed by atoms with E-state index in [-0.39, 0.29) is 18.6 Å². The molecule has 1 N–H and O–H groups in total. The molecule has 0 aliphatic carbocycles. The third kappa shape index (κ3) is 4.05. The van der Waals surface area contributed by atoms with E-state index in [2.05, 4.69) is 44.3 Å². The van der Waals surface area contributed by atoms with Gasteiger partial charge in [0.15, 0.2) is 6.61 Å². The first-order valence-corrected chi connectivity index (χ1v) is 9.05. The average molecular weight is 347 g/mol. The van der Waals surface area contributed by atoms with Gasteiger partial charge < -0.3 is 10.1 Å². The zero-order chi connectivity index (χ0) is 18.5. The first kappa shape index (κ1) is 18.0. The Kier molecular flexibility index (Phi) is 5.57. The van der Waals surface area contributed by atoms with Gasteiger partial charge in [-0.15, -0.1) is 0 Å². The molecule has 3 heteroatoms. The van der Waals surface area contributed by atoms with Crippen LogP contribution in [0.25, 0.3) is 10.8 Å². The molecule has 3 nitrogen and oxygen atoms in total. The van der Waals surface area contributed by atoms with Crippen molar-refractivity contribution in [2.45, 2.75) is 33.2 Å². The third-order valence-electron chi connectivity index (χ3n) is 4.79. The normalized spacial score (nSPS) is 12.0. The number of hydrogen-bond donors (Lipinski definition) is 1. The molecule has 1 amide bonds. The minimum absolute atomic E-state index is 0.00193. The second-order valence-corrected chi connectivity index (χ2v) is 6.64. The molecule has 0 heterocycles.